The second kappa shape index (κ2) is 6.80. The molecule has 0 saturated carbocycles. The van der Waals surface area contributed by atoms with Crippen LogP contribution in [-0.2, 0) is 9.53 Å². The van der Waals surface area contributed by atoms with Gasteiger partial charge in [0.15, 0.2) is 5.70 Å². The van der Waals surface area contributed by atoms with Crippen molar-refractivity contribution in [2.24, 2.45) is 4.99 Å². The molecule has 4 nitrogen and oxygen atoms in total. The summed E-state index contributed by atoms with van der Waals surface area (Å²) >= 11 is 5.89. The van der Waals surface area contributed by atoms with Crippen molar-refractivity contribution in [2.45, 2.75) is 6.61 Å². The Bertz CT molecular complexity index is 849. The van der Waals surface area contributed by atoms with E-state index in [1.54, 1.807) is 30.3 Å². The van der Waals surface area contributed by atoms with Gasteiger partial charge in [-0.1, -0.05) is 29.8 Å². The van der Waals surface area contributed by atoms with E-state index in [0.29, 0.717) is 16.1 Å². The first-order chi connectivity index (χ1) is 11.5. The predicted octanol–water partition coefficient (Wildman–Crippen LogP) is 4.29. The number of carbonyl (C=O) groups excluding carboxylic acids is 1. The highest BCUT2D eigenvalue weighted by Crippen LogP contribution is 2.23. The third-order valence-electron chi connectivity index (χ3n) is 3.08. The number of aliphatic imine (C=N–C) groups is 1. The Morgan fingerprint density at radius 2 is 1.96 bits per heavy atom. The molecule has 1 heterocycles. The number of esters is 1. The van der Waals surface area contributed by atoms with Gasteiger partial charge in [0.05, 0.1) is 0 Å². The van der Waals surface area contributed by atoms with Crippen LogP contribution in [0.25, 0.3) is 6.08 Å². The lowest BCUT2D eigenvalue weighted by Crippen LogP contribution is -2.07. The lowest BCUT2D eigenvalue weighted by molar-refractivity contribution is -0.129. The summed E-state index contributed by atoms with van der Waals surface area (Å²) in [6.45, 7) is -2.94. The number of hydrogen-bond acceptors (Lipinski definition) is 4. The molecule has 0 N–H and O–H groups in total. The number of nitrogens with zero attached hydrogens (tertiary/aromatic N) is 1. The summed E-state index contributed by atoms with van der Waals surface area (Å²) < 4.78 is 33.9. The zero-order chi connectivity index (χ0) is 17.1. The number of benzene rings is 2. The Balaban J connectivity index is 1.89. The average Bonchev–Trinajstić information content (AvgIpc) is 2.88. The fraction of sp³-hybridized carbons (Fsp3) is 0.0588. The van der Waals surface area contributed by atoms with Gasteiger partial charge >= 0.3 is 12.6 Å². The smallest absolute Gasteiger partial charge is 0.387 e. The zero-order valence-electron chi connectivity index (χ0n) is 12.1. The van der Waals surface area contributed by atoms with Crippen molar-refractivity contribution < 1.29 is 23.0 Å². The maximum absolute atomic E-state index is 12.3. The van der Waals surface area contributed by atoms with Crippen molar-refractivity contribution in [2.75, 3.05) is 0 Å². The van der Waals surface area contributed by atoms with E-state index in [2.05, 4.69) is 9.73 Å². The van der Waals surface area contributed by atoms with Crippen molar-refractivity contribution >= 4 is 29.5 Å². The number of halogens is 3. The van der Waals surface area contributed by atoms with Crippen molar-refractivity contribution in [3.63, 3.8) is 0 Å². The van der Waals surface area contributed by atoms with Crippen molar-refractivity contribution in [1.29, 1.82) is 0 Å². The summed E-state index contributed by atoms with van der Waals surface area (Å²) in [7, 11) is 0. The van der Waals surface area contributed by atoms with Gasteiger partial charge in [-0.05, 0) is 42.0 Å². The molecule has 2 aromatic carbocycles. The van der Waals surface area contributed by atoms with E-state index < -0.39 is 12.6 Å². The van der Waals surface area contributed by atoms with Crippen LogP contribution < -0.4 is 4.74 Å². The Morgan fingerprint density at radius 3 is 2.71 bits per heavy atom. The molecule has 1 aliphatic heterocycles. The van der Waals surface area contributed by atoms with Gasteiger partial charge < -0.3 is 9.47 Å². The van der Waals surface area contributed by atoms with Gasteiger partial charge in [-0.2, -0.15) is 8.78 Å². The quantitative estimate of drug-likeness (QED) is 0.611. The summed E-state index contributed by atoms with van der Waals surface area (Å²) in [5.74, 6) is -0.660. The largest absolute Gasteiger partial charge is 0.435 e. The highest BCUT2D eigenvalue weighted by atomic mass is 35.5. The first-order valence-electron chi connectivity index (χ1n) is 6.84. The molecule has 0 bridgehead atoms. The number of alkyl halides is 2. The number of ether oxygens (including phenoxy) is 2. The molecule has 0 fully saturated rings. The van der Waals surface area contributed by atoms with Gasteiger partial charge in [-0.3, -0.25) is 0 Å². The topological polar surface area (TPSA) is 47.9 Å². The van der Waals surface area contributed by atoms with Gasteiger partial charge in [-0.15, -0.1) is 0 Å². The lowest BCUT2D eigenvalue weighted by Gasteiger charge is -2.05. The van der Waals surface area contributed by atoms with Gasteiger partial charge in [0.25, 0.3) is 0 Å². The van der Waals surface area contributed by atoms with Crippen LogP contribution >= 0.6 is 11.6 Å². The summed E-state index contributed by atoms with van der Waals surface area (Å²) in [6.07, 6.45) is 1.53. The van der Waals surface area contributed by atoms with Crippen molar-refractivity contribution in [1.82, 2.24) is 0 Å². The molecule has 0 aliphatic carbocycles. The van der Waals surface area contributed by atoms with Gasteiger partial charge in [0, 0.05) is 10.6 Å². The van der Waals surface area contributed by atoms with Gasteiger partial charge in [-0.25, -0.2) is 9.79 Å². The number of carbonyl (C=O) groups is 1. The zero-order valence-corrected chi connectivity index (χ0v) is 12.8. The highest BCUT2D eigenvalue weighted by molar-refractivity contribution is 6.30. The van der Waals surface area contributed by atoms with Crippen molar-refractivity contribution in [3.05, 3.63) is 70.4 Å². The van der Waals surface area contributed by atoms with Crippen molar-refractivity contribution in [3.8, 4) is 5.75 Å². The Morgan fingerprint density at radius 1 is 1.17 bits per heavy atom. The summed E-state index contributed by atoms with van der Waals surface area (Å²) in [5.41, 5.74) is 1.14. The van der Waals surface area contributed by atoms with E-state index in [9.17, 15) is 13.6 Å². The maximum Gasteiger partial charge on any atom is 0.387 e. The number of rotatable bonds is 4. The maximum atomic E-state index is 12.3. The van der Waals surface area contributed by atoms with Crippen LogP contribution in [0.5, 0.6) is 5.75 Å². The highest BCUT2D eigenvalue weighted by Gasteiger charge is 2.24. The van der Waals surface area contributed by atoms with E-state index in [1.807, 2.05) is 0 Å². The van der Waals surface area contributed by atoms with E-state index in [4.69, 9.17) is 16.3 Å². The van der Waals surface area contributed by atoms with Crippen LogP contribution in [0.15, 0.2) is 59.2 Å². The number of cyclic esters (lactones) is 1. The molecule has 0 saturated heterocycles. The molecular formula is C17H10ClF2NO3. The molecule has 0 aromatic heterocycles. The molecule has 3 rings (SSSR count). The molecule has 1 aliphatic rings. The first kappa shape index (κ1) is 16.1. The monoisotopic (exact) mass is 349 g/mol. The van der Waals surface area contributed by atoms with Crippen LogP contribution in [-0.4, -0.2) is 18.5 Å². The molecule has 0 amide bonds. The SMILES string of the molecule is O=C1OC(c2cccc(OC(F)F)c2)=N/C1=C\c1cccc(Cl)c1. The van der Waals surface area contributed by atoms with Crippen LogP contribution in [0, 0.1) is 0 Å². The van der Waals surface area contributed by atoms with Gasteiger partial charge in [0.2, 0.25) is 5.90 Å². The molecule has 7 heteroatoms. The minimum Gasteiger partial charge on any atom is -0.435 e. The predicted molar refractivity (Wildman–Crippen MR) is 85.1 cm³/mol. The molecule has 24 heavy (non-hydrogen) atoms. The fourth-order valence-electron chi connectivity index (χ4n) is 2.09. The molecule has 0 spiro atoms. The average molecular weight is 350 g/mol. The third-order valence-corrected chi connectivity index (χ3v) is 3.31. The molecule has 0 atom stereocenters. The van der Waals surface area contributed by atoms with E-state index in [0.717, 1.165) is 0 Å². The lowest BCUT2D eigenvalue weighted by atomic mass is 10.2. The van der Waals surface area contributed by atoms with E-state index >= 15 is 0 Å². The first-order valence-corrected chi connectivity index (χ1v) is 7.22. The second-order valence-electron chi connectivity index (χ2n) is 4.80. The summed E-state index contributed by atoms with van der Waals surface area (Å²) in [6, 6.07) is 12.7. The third kappa shape index (κ3) is 3.78. The standard InChI is InChI=1S/C17H10ClF2NO3/c18-12-5-1-3-10(7-12)8-14-16(22)24-15(21-14)11-4-2-6-13(9-11)23-17(19)20/h1-9,17H/b14-8-. The summed E-state index contributed by atoms with van der Waals surface area (Å²) in [5, 5.41) is 0.525. The van der Waals surface area contributed by atoms with Crippen LogP contribution in [0.1, 0.15) is 11.1 Å². The molecule has 0 unspecified atom stereocenters. The second-order valence-corrected chi connectivity index (χ2v) is 5.23. The minimum absolute atomic E-state index is 0.0213. The van der Waals surface area contributed by atoms with E-state index in [-0.39, 0.29) is 17.3 Å². The Kier molecular flexibility index (Phi) is 4.57. The number of hydrogen-bond donors (Lipinski definition) is 0. The minimum atomic E-state index is -2.94. The van der Waals surface area contributed by atoms with Gasteiger partial charge in [0.1, 0.15) is 5.75 Å². The Labute approximate surface area is 141 Å². The Hall–Kier alpha value is -2.73. The van der Waals surface area contributed by atoms with Crippen LogP contribution in [0.3, 0.4) is 0 Å². The molecule has 2 aromatic rings. The van der Waals surface area contributed by atoms with E-state index in [1.165, 1.54) is 24.3 Å². The summed E-state index contributed by atoms with van der Waals surface area (Å²) in [4.78, 5) is 16.0. The van der Waals surface area contributed by atoms with Crippen LogP contribution in [0.2, 0.25) is 5.02 Å². The fourth-order valence-corrected chi connectivity index (χ4v) is 2.29. The normalized spacial score (nSPS) is 15.6. The molecule has 122 valence electrons. The molecule has 0 radical (unpaired) electrons. The molecular weight excluding hydrogens is 340 g/mol. The van der Waals surface area contributed by atoms with Crippen LogP contribution in [0.4, 0.5) is 8.78 Å².